The van der Waals surface area contributed by atoms with Crippen LogP contribution in [-0.4, -0.2) is 55.9 Å². The molecule has 1 N–H and O–H groups in total. The molecule has 0 bridgehead atoms. The monoisotopic (exact) mass is 451 g/mol. The average Bonchev–Trinajstić information content (AvgIpc) is 2.84. The van der Waals surface area contributed by atoms with Crippen molar-refractivity contribution >= 4 is 29.1 Å². The second-order valence-corrected chi connectivity index (χ2v) is 9.30. The van der Waals surface area contributed by atoms with Gasteiger partial charge in [0.2, 0.25) is 0 Å². The molecule has 4 rings (SSSR count). The number of nitrogens with one attached hydrogen (secondary N) is 1. The van der Waals surface area contributed by atoms with Crippen LogP contribution in [0.25, 0.3) is 5.57 Å². The number of hydrogen-bond acceptors (Lipinski definition) is 5. The molecular weight excluding hydrogens is 418 g/mol. The first-order valence-corrected chi connectivity index (χ1v) is 12.6. The number of anilines is 1. The highest BCUT2D eigenvalue weighted by Gasteiger charge is 2.37. The van der Waals surface area contributed by atoms with Crippen LogP contribution < -0.4 is 14.4 Å². The largest absolute Gasteiger partial charge is 0.482 e. The van der Waals surface area contributed by atoms with Crippen LogP contribution in [0.5, 0.6) is 5.75 Å². The van der Waals surface area contributed by atoms with Gasteiger partial charge in [-0.3, -0.25) is 4.79 Å². The molecule has 0 aliphatic carbocycles. The minimum Gasteiger partial charge on any atom is -0.482 e. The molecule has 0 radical (unpaired) electrons. The molecule has 1 saturated heterocycles. The van der Waals surface area contributed by atoms with E-state index in [-0.39, 0.29) is 11.5 Å². The van der Waals surface area contributed by atoms with E-state index < -0.39 is 0 Å². The predicted molar refractivity (Wildman–Crippen MR) is 135 cm³/mol. The molecule has 1 fully saturated rings. The summed E-state index contributed by atoms with van der Waals surface area (Å²) in [6.07, 6.45) is 6.28. The molecule has 5 nitrogen and oxygen atoms in total. The Morgan fingerprint density at radius 3 is 2.41 bits per heavy atom. The molecule has 0 atom stereocenters. The zero-order valence-corrected chi connectivity index (χ0v) is 20.3. The Kier molecular flexibility index (Phi) is 6.82. The van der Waals surface area contributed by atoms with E-state index in [2.05, 4.69) is 59.3 Å². The number of benzene rings is 2. The summed E-state index contributed by atoms with van der Waals surface area (Å²) in [6.45, 7) is 7.36. The van der Waals surface area contributed by atoms with E-state index in [1.807, 2.05) is 30.9 Å². The van der Waals surface area contributed by atoms with Crippen molar-refractivity contribution in [1.82, 2.24) is 10.2 Å². The lowest BCUT2D eigenvalue weighted by Crippen LogP contribution is -2.46. The first kappa shape index (κ1) is 22.7. The Bertz CT molecular complexity index is 993. The summed E-state index contributed by atoms with van der Waals surface area (Å²) in [5.74, 6) is 1.02. The Hall–Kier alpha value is -2.44. The van der Waals surface area contributed by atoms with Crippen LogP contribution in [0.2, 0.25) is 0 Å². The maximum atomic E-state index is 12.8. The number of nitrogens with zero attached hydrogens (tertiary/aromatic N) is 2. The van der Waals surface area contributed by atoms with E-state index in [1.165, 1.54) is 5.57 Å². The lowest BCUT2D eigenvalue weighted by atomic mass is 9.83. The number of amides is 1. The molecular formula is C26H33N3O2S. The van der Waals surface area contributed by atoms with Crippen LogP contribution in [0.4, 0.5) is 5.69 Å². The molecule has 0 unspecified atom stereocenters. The first-order valence-electron chi connectivity index (χ1n) is 11.4. The Morgan fingerprint density at radius 1 is 1.09 bits per heavy atom. The normalized spacial score (nSPS) is 16.7. The van der Waals surface area contributed by atoms with Gasteiger partial charge in [-0.1, -0.05) is 24.1 Å². The van der Waals surface area contributed by atoms with E-state index in [4.69, 9.17) is 4.74 Å². The molecule has 2 aromatic rings. The quantitative estimate of drug-likeness (QED) is 0.638. The summed E-state index contributed by atoms with van der Waals surface area (Å²) in [5.41, 5.74) is 5.00. The summed E-state index contributed by atoms with van der Waals surface area (Å²) < 4.78 is 8.75. The van der Waals surface area contributed by atoms with Gasteiger partial charge in [0.25, 0.3) is 5.91 Å². The maximum Gasteiger partial charge on any atom is 0.253 e. The molecule has 1 spiro atoms. The molecule has 0 aromatic heterocycles. The molecule has 6 heteroatoms. The summed E-state index contributed by atoms with van der Waals surface area (Å²) in [6, 6.07) is 14.5. The molecule has 32 heavy (non-hydrogen) atoms. The SMILES string of the molecule is CCN(CC)C(=O)c1ccc(C2=CC3(CCNCC3)Oc3ccc(N(C)SC)cc32)cc1. The van der Waals surface area contributed by atoms with Crippen LogP contribution in [-0.2, 0) is 0 Å². The van der Waals surface area contributed by atoms with Gasteiger partial charge in [0, 0.05) is 56.0 Å². The van der Waals surface area contributed by atoms with Crippen molar-refractivity contribution in [2.75, 3.05) is 43.8 Å². The van der Waals surface area contributed by atoms with Crippen LogP contribution in [0, 0.1) is 0 Å². The smallest absolute Gasteiger partial charge is 0.253 e. The average molecular weight is 452 g/mol. The third kappa shape index (κ3) is 4.39. The van der Waals surface area contributed by atoms with E-state index in [9.17, 15) is 4.79 Å². The number of ether oxygens (including phenoxy) is 1. The minimum absolute atomic E-state index is 0.0848. The molecule has 0 saturated carbocycles. The van der Waals surface area contributed by atoms with Gasteiger partial charge < -0.3 is 19.3 Å². The standard InChI is InChI=1S/C26H33N3O2S/c1-5-29(6-2)25(30)20-9-7-19(8-10-20)23-18-26(13-15-27-16-14-26)31-24-12-11-21(17-22(23)24)28(3)32-4/h7-12,17-18,27H,5-6,13-16H2,1-4H3. The highest BCUT2D eigenvalue weighted by atomic mass is 32.2. The minimum atomic E-state index is -0.282. The fraction of sp³-hybridized carbons (Fsp3) is 0.423. The van der Waals surface area contributed by atoms with Gasteiger partial charge in [-0.2, -0.15) is 0 Å². The molecule has 1 amide bonds. The third-order valence-corrected chi connectivity index (χ3v) is 7.31. The van der Waals surface area contributed by atoms with Crippen LogP contribution >= 0.6 is 11.9 Å². The fourth-order valence-electron chi connectivity index (χ4n) is 4.53. The Balaban J connectivity index is 1.75. The number of carbonyl (C=O) groups is 1. The predicted octanol–water partition coefficient (Wildman–Crippen LogP) is 4.83. The summed E-state index contributed by atoms with van der Waals surface area (Å²) in [4.78, 5) is 14.6. The number of carbonyl (C=O) groups excluding carboxylic acids is 1. The zero-order valence-electron chi connectivity index (χ0n) is 19.5. The van der Waals surface area contributed by atoms with E-state index in [0.717, 1.165) is 67.1 Å². The van der Waals surface area contributed by atoms with E-state index in [1.54, 1.807) is 11.9 Å². The maximum absolute atomic E-state index is 12.8. The van der Waals surface area contributed by atoms with Crippen LogP contribution in [0.1, 0.15) is 48.2 Å². The second-order valence-electron chi connectivity index (χ2n) is 8.39. The number of hydrogen-bond donors (Lipinski definition) is 1. The first-order chi connectivity index (χ1) is 15.5. The highest BCUT2D eigenvalue weighted by molar-refractivity contribution is 7.99. The fourth-order valence-corrected chi connectivity index (χ4v) is 4.85. The van der Waals surface area contributed by atoms with Crippen molar-refractivity contribution in [2.45, 2.75) is 32.3 Å². The molecule has 2 aromatic carbocycles. The van der Waals surface area contributed by atoms with Gasteiger partial charge in [0.15, 0.2) is 0 Å². The van der Waals surface area contributed by atoms with E-state index >= 15 is 0 Å². The Labute approximate surface area is 195 Å². The summed E-state index contributed by atoms with van der Waals surface area (Å²) in [7, 11) is 2.07. The van der Waals surface area contributed by atoms with Crippen LogP contribution in [0.3, 0.4) is 0 Å². The summed E-state index contributed by atoms with van der Waals surface area (Å²) >= 11 is 1.68. The zero-order chi connectivity index (χ0) is 22.7. The molecule has 170 valence electrons. The highest BCUT2D eigenvalue weighted by Crippen LogP contribution is 2.44. The topological polar surface area (TPSA) is 44.8 Å². The van der Waals surface area contributed by atoms with Gasteiger partial charge in [-0.15, -0.1) is 0 Å². The van der Waals surface area contributed by atoms with Gasteiger partial charge in [-0.25, -0.2) is 0 Å². The lowest BCUT2D eigenvalue weighted by molar-refractivity contribution is 0.0772. The molecule has 2 aliphatic rings. The second kappa shape index (κ2) is 9.59. The van der Waals surface area contributed by atoms with Gasteiger partial charge >= 0.3 is 0 Å². The number of fused-ring (bicyclic) bond motifs is 1. The number of piperidine rings is 1. The Morgan fingerprint density at radius 2 is 1.78 bits per heavy atom. The van der Waals surface area contributed by atoms with Gasteiger partial charge in [-0.05, 0) is 74.5 Å². The van der Waals surface area contributed by atoms with Crippen LogP contribution in [0.15, 0.2) is 48.5 Å². The van der Waals surface area contributed by atoms with Crippen molar-refractivity contribution < 1.29 is 9.53 Å². The van der Waals surface area contributed by atoms with Crippen molar-refractivity contribution in [3.8, 4) is 5.75 Å². The van der Waals surface area contributed by atoms with Crippen molar-refractivity contribution in [3.63, 3.8) is 0 Å². The van der Waals surface area contributed by atoms with E-state index in [0.29, 0.717) is 0 Å². The summed E-state index contributed by atoms with van der Waals surface area (Å²) in [5, 5.41) is 3.45. The third-order valence-electron chi connectivity index (χ3n) is 6.55. The van der Waals surface area contributed by atoms with Crippen molar-refractivity contribution in [3.05, 3.63) is 65.2 Å². The van der Waals surface area contributed by atoms with Gasteiger partial charge in [0.05, 0.1) is 0 Å². The molecule has 2 aliphatic heterocycles. The van der Waals surface area contributed by atoms with Gasteiger partial charge in [0.1, 0.15) is 11.4 Å². The number of rotatable bonds is 6. The molecule has 2 heterocycles. The van der Waals surface area contributed by atoms with Crippen molar-refractivity contribution in [1.29, 1.82) is 0 Å². The van der Waals surface area contributed by atoms with Crippen molar-refractivity contribution in [2.24, 2.45) is 0 Å². The lowest BCUT2D eigenvalue weighted by Gasteiger charge is -2.40.